The van der Waals surface area contributed by atoms with Crippen LogP contribution in [0.25, 0.3) is 0 Å². The lowest BCUT2D eigenvalue weighted by molar-refractivity contribution is -0.139. The SMILES string of the molecule is CC(C)N1C(=O)N(CC2CCCO2)C(=O)C12CC1CCC(C2)N1CC[C@H](NC(=O)C1CCC(F)(F)CC1)c1ccccc1.Cl. The lowest BCUT2D eigenvalue weighted by Gasteiger charge is -2.48. The van der Waals surface area contributed by atoms with Crippen molar-refractivity contribution in [1.82, 2.24) is 20.0 Å². The third kappa shape index (κ3) is 6.36. The van der Waals surface area contributed by atoms with Gasteiger partial charge in [-0.25, -0.2) is 13.6 Å². The van der Waals surface area contributed by atoms with Crippen molar-refractivity contribution in [2.75, 3.05) is 19.7 Å². The van der Waals surface area contributed by atoms with Gasteiger partial charge in [0.2, 0.25) is 11.8 Å². The summed E-state index contributed by atoms with van der Waals surface area (Å²) in [6, 6.07) is 9.71. The van der Waals surface area contributed by atoms with Crippen LogP contribution in [0, 0.1) is 5.92 Å². The number of alkyl halides is 2. The zero-order valence-corrected chi connectivity index (χ0v) is 26.7. The first kappa shape index (κ1) is 33.1. The molecule has 5 fully saturated rings. The molecule has 8 nitrogen and oxygen atoms in total. The molecule has 6 rings (SSSR count). The van der Waals surface area contributed by atoms with Crippen molar-refractivity contribution >= 4 is 30.3 Å². The number of hydrogen-bond donors (Lipinski definition) is 1. The minimum absolute atomic E-state index is 0. The molecule has 4 atom stereocenters. The van der Waals surface area contributed by atoms with E-state index in [-0.39, 0.29) is 92.1 Å². The van der Waals surface area contributed by atoms with Crippen LogP contribution in [0.15, 0.2) is 30.3 Å². The summed E-state index contributed by atoms with van der Waals surface area (Å²) in [7, 11) is 0. The van der Waals surface area contributed by atoms with Gasteiger partial charge in [0.1, 0.15) is 5.54 Å². The van der Waals surface area contributed by atoms with Crippen molar-refractivity contribution in [2.24, 2.45) is 5.92 Å². The topological polar surface area (TPSA) is 82.2 Å². The largest absolute Gasteiger partial charge is 0.376 e. The molecule has 3 unspecified atom stereocenters. The number of nitrogens with one attached hydrogen (secondary N) is 1. The Morgan fingerprint density at radius 2 is 1.68 bits per heavy atom. The molecular weight excluding hydrogens is 590 g/mol. The maximum Gasteiger partial charge on any atom is 0.327 e. The zero-order chi connectivity index (χ0) is 30.4. The summed E-state index contributed by atoms with van der Waals surface area (Å²) in [6.45, 7) is 5.75. The van der Waals surface area contributed by atoms with Crippen LogP contribution in [0.3, 0.4) is 0 Å². The number of hydrogen-bond acceptors (Lipinski definition) is 5. The van der Waals surface area contributed by atoms with Crippen molar-refractivity contribution in [3.63, 3.8) is 0 Å². The predicted molar refractivity (Wildman–Crippen MR) is 165 cm³/mol. The Labute approximate surface area is 265 Å². The second kappa shape index (κ2) is 13.2. The van der Waals surface area contributed by atoms with Crippen molar-refractivity contribution in [2.45, 2.75) is 126 Å². The summed E-state index contributed by atoms with van der Waals surface area (Å²) in [5.74, 6) is -3.26. The molecule has 11 heteroatoms. The van der Waals surface area contributed by atoms with Gasteiger partial charge < -0.3 is 15.0 Å². The van der Waals surface area contributed by atoms with Gasteiger partial charge in [0, 0.05) is 50.0 Å². The molecule has 0 radical (unpaired) electrons. The predicted octanol–water partition coefficient (Wildman–Crippen LogP) is 5.70. The number of halogens is 3. The molecule has 44 heavy (non-hydrogen) atoms. The highest BCUT2D eigenvalue weighted by Gasteiger charge is 2.63. The van der Waals surface area contributed by atoms with E-state index in [0.717, 1.165) is 37.8 Å². The van der Waals surface area contributed by atoms with Crippen LogP contribution in [0.1, 0.15) is 96.1 Å². The van der Waals surface area contributed by atoms with Gasteiger partial charge in [-0.3, -0.25) is 19.4 Å². The fourth-order valence-corrected chi connectivity index (χ4v) is 8.55. The van der Waals surface area contributed by atoms with Gasteiger partial charge in [-0.05, 0) is 77.2 Å². The van der Waals surface area contributed by atoms with E-state index in [1.165, 1.54) is 4.90 Å². The molecule has 1 aliphatic carbocycles. The van der Waals surface area contributed by atoms with Gasteiger partial charge in [0.15, 0.2) is 0 Å². The smallest absolute Gasteiger partial charge is 0.327 e. The van der Waals surface area contributed by atoms with Crippen LogP contribution in [-0.4, -0.2) is 87.9 Å². The summed E-state index contributed by atoms with van der Waals surface area (Å²) < 4.78 is 33.2. The molecule has 5 aliphatic rings. The molecule has 244 valence electrons. The highest BCUT2D eigenvalue weighted by atomic mass is 35.5. The summed E-state index contributed by atoms with van der Waals surface area (Å²) in [5.41, 5.74) is 0.188. The Hall–Kier alpha value is -2.30. The van der Waals surface area contributed by atoms with Gasteiger partial charge >= 0.3 is 6.03 Å². The normalized spacial score (nSPS) is 31.2. The van der Waals surface area contributed by atoms with E-state index in [4.69, 9.17) is 4.74 Å². The summed E-state index contributed by atoms with van der Waals surface area (Å²) in [5, 5.41) is 3.21. The minimum atomic E-state index is -2.67. The Morgan fingerprint density at radius 3 is 2.27 bits per heavy atom. The maximum atomic E-state index is 14.1. The van der Waals surface area contributed by atoms with Gasteiger partial charge in [-0.2, -0.15) is 0 Å². The second-order valence-corrected chi connectivity index (χ2v) is 13.8. The average Bonchev–Trinajstić information content (AvgIpc) is 3.63. The fourth-order valence-electron chi connectivity index (χ4n) is 8.55. The number of carbonyl (C=O) groups excluding carboxylic acids is 3. The molecule has 4 amide bonds. The van der Waals surface area contributed by atoms with Crippen LogP contribution in [0.2, 0.25) is 0 Å². The van der Waals surface area contributed by atoms with Crippen molar-refractivity contribution < 1.29 is 27.9 Å². The van der Waals surface area contributed by atoms with Crippen LogP contribution >= 0.6 is 12.4 Å². The standard InChI is InChI=1S/C33H46F2N4O4.ClH/c1-22(2)39-31(42)38(21-27-9-6-18-43-27)30(41)32(39)19-25-10-11-26(20-32)37(25)17-14-28(23-7-4-3-5-8-23)36-29(40)24-12-15-33(34,35)16-13-24;/h3-5,7-8,22,24-28H,6,9-21H2,1-2H3,(H,36,40);1H/t25?,26?,27?,28-,32?;/m0./s1. The van der Waals surface area contributed by atoms with E-state index in [1.807, 2.05) is 49.1 Å². The average molecular weight is 637 g/mol. The van der Waals surface area contributed by atoms with Crippen molar-refractivity contribution in [3.05, 3.63) is 35.9 Å². The first-order valence-electron chi connectivity index (χ1n) is 16.3. The van der Waals surface area contributed by atoms with E-state index in [0.29, 0.717) is 32.4 Å². The number of carbonyl (C=O) groups is 3. The number of ether oxygens (including phenoxy) is 1. The molecule has 4 aliphatic heterocycles. The molecule has 1 spiro atoms. The van der Waals surface area contributed by atoms with Crippen LogP contribution < -0.4 is 5.32 Å². The Kier molecular flexibility index (Phi) is 9.93. The highest BCUT2D eigenvalue weighted by Crippen LogP contribution is 2.48. The number of imide groups is 1. The lowest BCUT2D eigenvalue weighted by atomic mass is 9.80. The highest BCUT2D eigenvalue weighted by molar-refractivity contribution is 6.07. The van der Waals surface area contributed by atoms with Crippen LogP contribution in [0.5, 0.6) is 0 Å². The van der Waals surface area contributed by atoms with Crippen LogP contribution in [0.4, 0.5) is 13.6 Å². The number of urea groups is 1. The number of nitrogens with zero attached hydrogens (tertiary/aromatic N) is 3. The van der Waals surface area contributed by atoms with Gasteiger partial charge in [-0.1, -0.05) is 30.3 Å². The molecule has 2 bridgehead atoms. The van der Waals surface area contributed by atoms with Gasteiger partial charge in [-0.15, -0.1) is 12.4 Å². The third-order valence-electron chi connectivity index (χ3n) is 10.7. The lowest BCUT2D eigenvalue weighted by Crippen LogP contribution is -2.61. The quantitative estimate of drug-likeness (QED) is 0.352. The van der Waals surface area contributed by atoms with Crippen molar-refractivity contribution in [1.29, 1.82) is 0 Å². The van der Waals surface area contributed by atoms with Crippen molar-refractivity contribution in [3.8, 4) is 0 Å². The van der Waals surface area contributed by atoms with E-state index >= 15 is 0 Å². The first-order chi connectivity index (χ1) is 20.6. The number of fused-ring (bicyclic) bond motifs is 2. The number of piperidine rings is 1. The zero-order valence-electron chi connectivity index (χ0n) is 25.9. The molecule has 1 saturated carbocycles. The van der Waals surface area contributed by atoms with E-state index in [9.17, 15) is 23.2 Å². The number of amides is 4. The Balaban J connectivity index is 0.00000384. The molecular formula is C33H47ClF2N4O4. The minimum Gasteiger partial charge on any atom is -0.376 e. The molecule has 1 aromatic carbocycles. The third-order valence-corrected chi connectivity index (χ3v) is 10.7. The fraction of sp³-hybridized carbons (Fsp3) is 0.727. The maximum absolute atomic E-state index is 14.1. The molecule has 0 aromatic heterocycles. The molecule has 4 saturated heterocycles. The first-order valence-corrected chi connectivity index (χ1v) is 16.3. The molecule has 1 N–H and O–H groups in total. The van der Waals surface area contributed by atoms with E-state index < -0.39 is 11.5 Å². The summed E-state index contributed by atoms with van der Waals surface area (Å²) in [4.78, 5) is 46.8. The Morgan fingerprint density at radius 1 is 1.02 bits per heavy atom. The summed E-state index contributed by atoms with van der Waals surface area (Å²) >= 11 is 0. The van der Waals surface area contributed by atoms with Gasteiger partial charge in [0.25, 0.3) is 5.91 Å². The second-order valence-electron chi connectivity index (χ2n) is 13.8. The van der Waals surface area contributed by atoms with Gasteiger partial charge in [0.05, 0.1) is 18.7 Å². The molecule has 4 heterocycles. The monoisotopic (exact) mass is 636 g/mol. The number of rotatable bonds is 9. The molecule has 1 aromatic rings. The van der Waals surface area contributed by atoms with E-state index in [1.54, 1.807) is 0 Å². The van der Waals surface area contributed by atoms with E-state index in [2.05, 4.69) is 10.2 Å². The Bertz CT molecular complexity index is 1170. The summed E-state index contributed by atoms with van der Waals surface area (Å²) in [6.07, 6.45) is 5.57. The number of benzene rings is 1. The van der Waals surface area contributed by atoms with Crippen LogP contribution in [-0.2, 0) is 14.3 Å².